The van der Waals surface area contributed by atoms with Gasteiger partial charge in [0, 0.05) is 25.9 Å². The molecule has 0 fully saturated rings. The highest BCUT2D eigenvalue weighted by molar-refractivity contribution is 14.1. The van der Waals surface area contributed by atoms with E-state index in [-0.39, 0.29) is 22.9 Å². The van der Waals surface area contributed by atoms with Gasteiger partial charge >= 0.3 is 0 Å². The Morgan fingerprint density at radius 3 is 2.52 bits per heavy atom. The molecule has 0 aliphatic heterocycles. The summed E-state index contributed by atoms with van der Waals surface area (Å²) in [6.45, 7) is 9.07. The SMILES string of the molecule is Cc1cnc(C(=O)n2cc(I)c3c(Cl)nc(NC(=O)C(C)(C)C)nc32)c(C)c1Br. The molecule has 1 N–H and O–H groups in total. The van der Waals surface area contributed by atoms with Crippen LogP contribution in [-0.2, 0) is 4.79 Å². The van der Waals surface area contributed by atoms with Crippen molar-refractivity contribution in [2.45, 2.75) is 34.6 Å². The van der Waals surface area contributed by atoms with Gasteiger partial charge in [0.05, 0.1) is 5.39 Å². The minimum Gasteiger partial charge on any atom is -0.294 e. The molecule has 3 heterocycles. The van der Waals surface area contributed by atoms with Crippen LogP contribution in [0.4, 0.5) is 5.95 Å². The van der Waals surface area contributed by atoms with Crippen LogP contribution in [0.25, 0.3) is 11.0 Å². The highest BCUT2D eigenvalue weighted by atomic mass is 127. The van der Waals surface area contributed by atoms with Gasteiger partial charge in [-0.3, -0.25) is 24.5 Å². The fourth-order valence-electron chi connectivity index (χ4n) is 2.59. The van der Waals surface area contributed by atoms with E-state index < -0.39 is 5.41 Å². The molecular weight excluding hydrogens is 573 g/mol. The molecule has 0 unspecified atom stereocenters. The molecule has 0 saturated heterocycles. The summed E-state index contributed by atoms with van der Waals surface area (Å²) in [5, 5.41) is 3.36. The quantitative estimate of drug-likeness (QED) is 0.330. The topological polar surface area (TPSA) is 89.8 Å². The van der Waals surface area contributed by atoms with Gasteiger partial charge in [-0.15, -0.1) is 0 Å². The van der Waals surface area contributed by atoms with Gasteiger partial charge in [-0.1, -0.05) is 48.3 Å². The minimum absolute atomic E-state index is 0.0424. The number of fused-ring (bicyclic) bond motifs is 1. The number of anilines is 1. The van der Waals surface area contributed by atoms with Crippen molar-refractivity contribution in [3.05, 3.63) is 42.4 Å². The van der Waals surface area contributed by atoms with Crippen molar-refractivity contribution in [3.8, 4) is 0 Å². The number of aromatic nitrogens is 4. The first kappa shape index (κ1) is 22.1. The van der Waals surface area contributed by atoms with Crippen LogP contribution in [0.1, 0.15) is 42.4 Å². The lowest BCUT2D eigenvalue weighted by molar-refractivity contribution is -0.123. The van der Waals surface area contributed by atoms with E-state index in [0.717, 1.165) is 15.6 Å². The zero-order valence-corrected chi connectivity index (χ0v) is 20.9. The third kappa shape index (κ3) is 4.17. The molecule has 0 aliphatic rings. The van der Waals surface area contributed by atoms with Crippen molar-refractivity contribution in [2.24, 2.45) is 5.41 Å². The van der Waals surface area contributed by atoms with Crippen molar-refractivity contribution in [2.75, 3.05) is 5.32 Å². The normalized spacial score (nSPS) is 11.7. The van der Waals surface area contributed by atoms with Gasteiger partial charge in [0.2, 0.25) is 11.9 Å². The Kier molecular flexibility index (Phi) is 6.03. The van der Waals surface area contributed by atoms with E-state index in [4.69, 9.17) is 11.6 Å². The summed E-state index contributed by atoms with van der Waals surface area (Å²) in [5.74, 6) is -0.563. The molecule has 0 aliphatic carbocycles. The largest absolute Gasteiger partial charge is 0.294 e. The standard InChI is InChI=1S/C19H18BrClIN5O2/c1-8-6-23-13(9(2)12(8)20)16(28)27-7-10(22)11-14(21)24-18(25-15(11)27)26-17(29)19(3,4)5/h6-7H,1-5H3,(H,24,25,26,29). The Bertz CT molecular complexity index is 1170. The van der Waals surface area contributed by atoms with E-state index in [1.54, 1.807) is 33.2 Å². The van der Waals surface area contributed by atoms with Crippen molar-refractivity contribution in [3.63, 3.8) is 0 Å². The number of carbonyl (C=O) groups excluding carboxylic acids is 2. The Morgan fingerprint density at radius 2 is 1.90 bits per heavy atom. The molecule has 0 bridgehead atoms. The molecule has 10 heteroatoms. The number of hydrogen-bond acceptors (Lipinski definition) is 5. The third-order valence-corrected chi connectivity index (χ3v) is 6.61. The average molecular weight is 591 g/mol. The summed E-state index contributed by atoms with van der Waals surface area (Å²) in [6.07, 6.45) is 3.27. The maximum absolute atomic E-state index is 13.2. The van der Waals surface area contributed by atoms with Crippen LogP contribution in [0.5, 0.6) is 0 Å². The molecule has 0 radical (unpaired) electrons. The summed E-state index contributed by atoms with van der Waals surface area (Å²) in [6, 6.07) is 0. The number of halogens is 3. The molecule has 3 aromatic heterocycles. The van der Waals surface area contributed by atoms with Crippen LogP contribution < -0.4 is 5.32 Å². The van der Waals surface area contributed by atoms with Gasteiger partial charge in [0.15, 0.2) is 5.65 Å². The second-order valence-corrected chi connectivity index (χ2v) is 9.93. The van der Waals surface area contributed by atoms with Gasteiger partial charge in [-0.05, 0) is 47.6 Å². The Labute approximate surface area is 194 Å². The van der Waals surface area contributed by atoms with E-state index in [0.29, 0.717) is 20.3 Å². The summed E-state index contributed by atoms with van der Waals surface area (Å²) in [5.41, 5.74) is 1.63. The lowest BCUT2D eigenvalue weighted by Crippen LogP contribution is -2.28. The number of hydrogen-bond donors (Lipinski definition) is 1. The molecule has 29 heavy (non-hydrogen) atoms. The van der Waals surface area contributed by atoms with Gasteiger partial charge in [-0.25, -0.2) is 0 Å². The first-order valence-electron chi connectivity index (χ1n) is 8.63. The number of pyridine rings is 1. The molecule has 3 rings (SSSR count). The van der Waals surface area contributed by atoms with E-state index in [1.165, 1.54) is 4.57 Å². The first-order valence-corrected chi connectivity index (χ1v) is 10.9. The molecule has 7 nitrogen and oxygen atoms in total. The van der Waals surface area contributed by atoms with Crippen molar-refractivity contribution in [1.82, 2.24) is 19.5 Å². The molecule has 1 amide bonds. The van der Waals surface area contributed by atoms with Crippen molar-refractivity contribution in [1.29, 1.82) is 0 Å². The zero-order valence-electron chi connectivity index (χ0n) is 16.4. The summed E-state index contributed by atoms with van der Waals surface area (Å²) in [7, 11) is 0. The van der Waals surface area contributed by atoms with Gasteiger partial charge in [0.1, 0.15) is 10.8 Å². The highest BCUT2D eigenvalue weighted by Gasteiger charge is 2.25. The van der Waals surface area contributed by atoms with E-state index in [2.05, 4.69) is 58.8 Å². The summed E-state index contributed by atoms with van der Waals surface area (Å²) < 4.78 is 2.93. The number of nitrogens with zero attached hydrogens (tertiary/aromatic N) is 4. The fourth-order valence-corrected chi connectivity index (χ4v) is 4.08. The smallest absolute Gasteiger partial charge is 0.282 e. The minimum atomic E-state index is -0.633. The molecule has 0 saturated carbocycles. The number of aryl methyl sites for hydroxylation is 1. The lowest BCUT2D eigenvalue weighted by atomic mass is 9.96. The average Bonchev–Trinajstić information content (AvgIpc) is 2.95. The predicted octanol–water partition coefficient (Wildman–Crippen LogP) is 5.14. The molecule has 0 spiro atoms. The maximum Gasteiger partial charge on any atom is 0.282 e. The predicted molar refractivity (Wildman–Crippen MR) is 124 cm³/mol. The lowest BCUT2D eigenvalue weighted by Gasteiger charge is -2.16. The summed E-state index contributed by atoms with van der Waals surface area (Å²) >= 11 is 11.9. The van der Waals surface area contributed by atoms with E-state index in [1.807, 2.05) is 13.8 Å². The van der Waals surface area contributed by atoms with Gasteiger partial charge in [-0.2, -0.15) is 9.97 Å². The zero-order chi connectivity index (χ0) is 21.7. The maximum atomic E-state index is 13.2. The van der Waals surface area contributed by atoms with E-state index >= 15 is 0 Å². The van der Waals surface area contributed by atoms with Crippen molar-refractivity contribution >= 4 is 78.9 Å². The first-order chi connectivity index (χ1) is 13.4. The second kappa shape index (κ2) is 7.92. The van der Waals surface area contributed by atoms with Gasteiger partial charge < -0.3 is 0 Å². The van der Waals surface area contributed by atoms with Crippen LogP contribution in [-0.4, -0.2) is 31.3 Å². The second-order valence-electron chi connectivity index (χ2n) is 7.62. The molecule has 0 aromatic carbocycles. The Morgan fingerprint density at radius 1 is 1.24 bits per heavy atom. The molecular formula is C19H18BrClIN5O2. The molecule has 152 valence electrons. The number of nitrogens with one attached hydrogen (secondary N) is 1. The number of carbonyl (C=O) groups is 2. The highest BCUT2D eigenvalue weighted by Crippen LogP contribution is 2.30. The van der Waals surface area contributed by atoms with Crippen LogP contribution in [0, 0.1) is 22.8 Å². The molecule has 0 atom stereocenters. The van der Waals surface area contributed by atoms with Gasteiger partial charge in [0.25, 0.3) is 5.91 Å². The summed E-state index contributed by atoms with van der Waals surface area (Å²) in [4.78, 5) is 38.4. The van der Waals surface area contributed by atoms with Crippen molar-refractivity contribution < 1.29 is 9.59 Å². The van der Waals surface area contributed by atoms with Crippen LogP contribution >= 0.6 is 50.1 Å². The Balaban J connectivity index is 2.15. The Hall–Kier alpha value is -1.59. The monoisotopic (exact) mass is 589 g/mol. The third-order valence-electron chi connectivity index (χ3n) is 4.30. The number of amides is 1. The van der Waals surface area contributed by atoms with Crippen LogP contribution in [0.15, 0.2) is 16.9 Å². The van der Waals surface area contributed by atoms with Crippen LogP contribution in [0.2, 0.25) is 5.15 Å². The molecule has 3 aromatic rings. The number of rotatable bonds is 2. The fraction of sp³-hybridized carbons (Fsp3) is 0.316. The van der Waals surface area contributed by atoms with E-state index in [9.17, 15) is 9.59 Å². The van der Waals surface area contributed by atoms with Crippen LogP contribution in [0.3, 0.4) is 0 Å².